The number of hydrogen-bond donors (Lipinski definition) is 6. The lowest BCUT2D eigenvalue weighted by Crippen LogP contribution is -2.59. The summed E-state index contributed by atoms with van der Waals surface area (Å²) in [5.74, 6) is -1.10. The Bertz CT molecular complexity index is 714. The first kappa shape index (κ1) is 41.0. The average Bonchev–Trinajstić information content (AvgIpc) is 3.01. The second-order valence-corrected chi connectivity index (χ2v) is 12.8. The van der Waals surface area contributed by atoms with E-state index in [1.165, 1.54) is 116 Å². The van der Waals surface area contributed by atoms with Gasteiger partial charge in [-0.25, -0.2) is 4.79 Å². The highest BCUT2D eigenvalue weighted by atomic mass is 16.7. The molecule has 1 saturated heterocycles. The van der Waals surface area contributed by atoms with Gasteiger partial charge in [0.15, 0.2) is 6.29 Å². The van der Waals surface area contributed by atoms with Crippen LogP contribution in [-0.2, 0) is 14.3 Å². The number of unbranched alkanes of at least 4 members (excludes halogenated alkanes) is 21. The van der Waals surface area contributed by atoms with Gasteiger partial charge < -0.3 is 40.1 Å². The molecule has 1 fully saturated rings. The van der Waals surface area contributed by atoms with E-state index < -0.39 is 49.4 Å². The minimum absolute atomic E-state index is 0.100. The van der Waals surface area contributed by atoms with Crippen LogP contribution in [0.3, 0.4) is 0 Å². The molecule has 1 heterocycles. The lowest BCUT2D eigenvalue weighted by molar-refractivity contribution is -0.304. The van der Waals surface area contributed by atoms with E-state index in [9.17, 15) is 35.4 Å². The fourth-order valence-corrected chi connectivity index (χ4v) is 5.83. The molecule has 0 saturated carbocycles. The van der Waals surface area contributed by atoms with Crippen molar-refractivity contribution in [1.29, 1.82) is 0 Å². The molecule has 1 aliphatic rings. The van der Waals surface area contributed by atoms with Crippen LogP contribution in [0.25, 0.3) is 0 Å². The fourth-order valence-electron chi connectivity index (χ4n) is 5.83. The highest BCUT2D eigenvalue weighted by Gasteiger charge is 2.44. The smallest absolute Gasteiger partial charge is 0.331 e. The van der Waals surface area contributed by atoms with E-state index in [-0.39, 0.29) is 18.6 Å². The van der Waals surface area contributed by atoms with Gasteiger partial charge >= 0.3 is 5.97 Å². The van der Waals surface area contributed by atoms with Crippen molar-refractivity contribution < 1.29 is 44.9 Å². The van der Waals surface area contributed by atoms with Crippen molar-refractivity contribution >= 4 is 5.97 Å². The molecule has 260 valence electrons. The third kappa shape index (κ3) is 19.4. The van der Waals surface area contributed by atoms with Gasteiger partial charge in [-0.05, 0) is 12.8 Å². The van der Waals surface area contributed by atoms with E-state index in [0.29, 0.717) is 6.42 Å². The van der Waals surface area contributed by atoms with Crippen molar-refractivity contribution in [3.8, 4) is 0 Å². The molecular formula is C35H66O9. The molecule has 0 unspecified atom stereocenters. The molecular weight excluding hydrogens is 564 g/mol. The maximum atomic E-state index is 11.6. The SMILES string of the molecule is CCCCCCCCCCCCCCCCCCCCCCC/C=C(/C[C@H](O)CO[C@@H]1O[C@H](CO)[C@@H](O)[C@H](O)[C@H]1O)C(=O)O. The van der Waals surface area contributed by atoms with Gasteiger partial charge in [0, 0.05) is 12.0 Å². The number of hydrogen-bond acceptors (Lipinski definition) is 8. The number of carbonyl (C=O) groups is 1. The van der Waals surface area contributed by atoms with Crippen molar-refractivity contribution in [1.82, 2.24) is 0 Å². The molecule has 1 rings (SSSR count). The van der Waals surface area contributed by atoms with Crippen LogP contribution in [0, 0.1) is 0 Å². The molecule has 9 nitrogen and oxygen atoms in total. The Hall–Kier alpha value is -1.07. The molecule has 0 aliphatic carbocycles. The molecule has 0 aromatic carbocycles. The first-order valence-corrected chi connectivity index (χ1v) is 17.8. The molecule has 0 aromatic heterocycles. The highest BCUT2D eigenvalue weighted by molar-refractivity contribution is 5.86. The standard InChI is InChI=1S/C35H66O9/c1-2-3-4-5-6-7-8-9-10-11-12-13-14-15-16-17-18-19-20-21-22-23-24-28(34(41)42)25-29(37)27-43-35-33(40)32(39)31(38)30(26-36)44-35/h24,29-33,35-40H,2-23,25-27H2,1H3,(H,41,42)/b28-24-/t29-,30+,31+,32-,33+,35+/m0/s1. The first-order valence-electron chi connectivity index (χ1n) is 17.8. The Balaban J connectivity index is 2.00. The molecule has 0 radical (unpaired) electrons. The minimum atomic E-state index is -1.58. The van der Waals surface area contributed by atoms with E-state index >= 15 is 0 Å². The summed E-state index contributed by atoms with van der Waals surface area (Å²) in [5, 5.41) is 58.7. The van der Waals surface area contributed by atoms with Crippen molar-refractivity contribution in [2.45, 2.75) is 191 Å². The molecule has 0 spiro atoms. The summed E-state index contributed by atoms with van der Waals surface area (Å²) in [5.41, 5.74) is 0.100. The number of carboxylic acids is 1. The number of ether oxygens (including phenoxy) is 2. The number of aliphatic hydroxyl groups is 5. The number of allylic oxidation sites excluding steroid dienone is 1. The number of carboxylic acid groups (broad SMARTS) is 1. The van der Waals surface area contributed by atoms with E-state index in [1.807, 2.05) is 0 Å². The zero-order chi connectivity index (χ0) is 32.4. The van der Waals surface area contributed by atoms with Gasteiger partial charge in [0.25, 0.3) is 0 Å². The van der Waals surface area contributed by atoms with Crippen LogP contribution in [0.1, 0.15) is 155 Å². The number of aliphatic carboxylic acids is 1. The van der Waals surface area contributed by atoms with Gasteiger partial charge in [0.1, 0.15) is 24.4 Å². The summed E-state index contributed by atoms with van der Waals surface area (Å²) >= 11 is 0. The average molecular weight is 631 g/mol. The Morgan fingerprint density at radius 1 is 0.705 bits per heavy atom. The molecule has 9 heteroatoms. The van der Waals surface area contributed by atoms with Gasteiger partial charge in [0.05, 0.1) is 19.3 Å². The third-order valence-electron chi connectivity index (χ3n) is 8.73. The van der Waals surface area contributed by atoms with Gasteiger partial charge in [-0.3, -0.25) is 0 Å². The van der Waals surface area contributed by atoms with Crippen LogP contribution in [0.5, 0.6) is 0 Å². The Labute approximate surface area is 267 Å². The lowest BCUT2D eigenvalue weighted by atomic mass is 9.99. The van der Waals surface area contributed by atoms with Crippen molar-refractivity contribution in [2.24, 2.45) is 0 Å². The Morgan fingerprint density at radius 2 is 1.14 bits per heavy atom. The molecule has 0 aromatic rings. The van der Waals surface area contributed by atoms with Crippen LogP contribution >= 0.6 is 0 Å². The second-order valence-electron chi connectivity index (χ2n) is 12.8. The Kier molecular flexibility index (Phi) is 25.2. The van der Waals surface area contributed by atoms with Gasteiger partial charge in [0.2, 0.25) is 0 Å². The normalized spacial score (nSPS) is 23.2. The van der Waals surface area contributed by atoms with Crippen LogP contribution in [-0.4, -0.2) is 86.6 Å². The first-order chi connectivity index (χ1) is 21.3. The van der Waals surface area contributed by atoms with E-state index in [4.69, 9.17) is 9.47 Å². The van der Waals surface area contributed by atoms with E-state index in [2.05, 4.69) is 6.92 Å². The summed E-state index contributed by atoms with van der Waals surface area (Å²) in [6, 6.07) is 0. The van der Waals surface area contributed by atoms with Crippen LogP contribution in [0.4, 0.5) is 0 Å². The predicted octanol–water partition coefficient (Wildman–Crippen LogP) is 6.17. The predicted molar refractivity (Wildman–Crippen MR) is 173 cm³/mol. The lowest BCUT2D eigenvalue weighted by Gasteiger charge is -2.39. The topological polar surface area (TPSA) is 157 Å². The second kappa shape index (κ2) is 27.1. The monoisotopic (exact) mass is 630 g/mol. The van der Waals surface area contributed by atoms with Gasteiger partial charge in [-0.15, -0.1) is 0 Å². The molecule has 0 amide bonds. The molecule has 6 N–H and O–H groups in total. The molecule has 6 atom stereocenters. The summed E-state index contributed by atoms with van der Waals surface area (Å²) in [4.78, 5) is 11.6. The maximum Gasteiger partial charge on any atom is 0.331 e. The van der Waals surface area contributed by atoms with Gasteiger partial charge in [-0.2, -0.15) is 0 Å². The maximum absolute atomic E-state index is 11.6. The summed E-state index contributed by atoms with van der Waals surface area (Å²) in [6.45, 7) is 1.35. The van der Waals surface area contributed by atoms with Crippen LogP contribution in [0.2, 0.25) is 0 Å². The summed E-state index contributed by atoms with van der Waals surface area (Å²) in [7, 11) is 0. The van der Waals surface area contributed by atoms with Gasteiger partial charge in [-0.1, -0.05) is 141 Å². The molecule has 1 aliphatic heterocycles. The summed E-state index contributed by atoms with van der Waals surface area (Å²) in [6.07, 6.45) is 21.6. The minimum Gasteiger partial charge on any atom is -0.478 e. The molecule has 44 heavy (non-hydrogen) atoms. The van der Waals surface area contributed by atoms with Crippen LogP contribution < -0.4 is 0 Å². The molecule has 0 bridgehead atoms. The number of rotatable bonds is 29. The third-order valence-corrected chi connectivity index (χ3v) is 8.73. The van der Waals surface area contributed by atoms with Crippen molar-refractivity contribution in [2.75, 3.05) is 13.2 Å². The van der Waals surface area contributed by atoms with E-state index in [0.717, 1.165) is 19.3 Å². The highest BCUT2D eigenvalue weighted by Crippen LogP contribution is 2.23. The fraction of sp³-hybridized carbons (Fsp3) is 0.914. The Morgan fingerprint density at radius 3 is 1.55 bits per heavy atom. The van der Waals surface area contributed by atoms with Crippen molar-refractivity contribution in [3.63, 3.8) is 0 Å². The van der Waals surface area contributed by atoms with Crippen molar-refractivity contribution in [3.05, 3.63) is 11.6 Å². The zero-order valence-corrected chi connectivity index (χ0v) is 27.6. The largest absolute Gasteiger partial charge is 0.478 e. The van der Waals surface area contributed by atoms with E-state index in [1.54, 1.807) is 6.08 Å². The number of aliphatic hydroxyl groups excluding tert-OH is 5. The zero-order valence-electron chi connectivity index (χ0n) is 27.6. The quantitative estimate of drug-likeness (QED) is 0.0420. The van der Waals surface area contributed by atoms with Crippen LogP contribution in [0.15, 0.2) is 11.6 Å². The summed E-state index contributed by atoms with van der Waals surface area (Å²) < 4.78 is 10.6.